The number of Topliss-reactive ketones (excluding diaryl/α,β-unsaturated/α-hetero) is 1. The van der Waals surface area contributed by atoms with Crippen LogP contribution in [0.2, 0.25) is 0 Å². The van der Waals surface area contributed by atoms with Gasteiger partial charge in [-0.15, -0.1) is 0 Å². The van der Waals surface area contributed by atoms with Crippen molar-refractivity contribution < 1.29 is 29.0 Å². The molecule has 0 fully saturated rings. The van der Waals surface area contributed by atoms with E-state index in [2.05, 4.69) is 5.32 Å². The number of benzene rings is 1. The van der Waals surface area contributed by atoms with Crippen LogP contribution in [-0.2, 0) is 19.1 Å². The highest BCUT2D eigenvalue weighted by molar-refractivity contribution is 7.99. The number of carbonyl (C=O) groups is 4. The van der Waals surface area contributed by atoms with E-state index in [9.17, 15) is 19.2 Å². The van der Waals surface area contributed by atoms with Gasteiger partial charge < -0.3 is 15.2 Å². The summed E-state index contributed by atoms with van der Waals surface area (Å²) in [6.45, 7) is 1.14. The van der Waals surface area contributed by atoms with E-state index in [-0.39, 0.29) is 31.3 Å². The third kappa shape index (κ3) is 8.90. The van der Waals surface area contributed by atoms with Crippen molar-refractivity contribution in [1.82, 2.24) is 5.32 Å². The largest absolute Gasteiger partial charge is 0.481 e. The molecule has 8 heteroatoms. The Kier molecular flexibility index (Phi) is 9.31. The van der Waals surface area contributed by atoms with Crippen molar-refractivity contribution >= 4 is 35.4 Å². The molecule has 0 aliphatic heterocycles. The van der Waals surface area contributed by atoms with Gasteiger partial charge in [-0.2, -0.15) is 11.8 Å². The van der Waals surface area contributed by atoms with Gasteiger partial charge in [-0.05, 0) is 0 Å². The van der Waals surface area contributed by atoms with Crippen molar-refractivity contribution in [3.05, 3.63) is 35.9 Å². The van der Waals surface area contributed by atoms with E-state index >= 15 is 0 Å². The van der Waals surface area contributed by atoms with E-state index in [1.807, 2.05) is 0 Å². The number of carboxylic acid groups (broad SMARTS) is 1. The summed E-state index contributed by atoms with van der Waals surface area (Å²) in [7, 11) is 0. The first-order valence-corrected chi connectivity index (χ1v) is 8.84. The monoisotopic (exact) mass is 367 g/mol. The third-order valence-electron chi connectivity index (χ3n) is 3.17. The van der Waals surface area contributed by atoms with E-state index in [4.69, 9.17) is 9.84 Å². The topological polar surface area (TPSA) is 110 Å². The second-order valence-corrected chi connectivity index (χ2v) is 6.39. The molecule has 2 N–H and O–H groups in total. The lowest BCUT2D eigenvalue weighted by atomic mass is 9.96. The van der Waals surface area contributed by atoms with Crippen LogP contribution in [-0.4, -0.2) is 47.0 Å². The first-order valence-electron chi connectivity index (χ1n) is 7.69. The maximum atomic E-state index is 12.4. The second-order valence-electron chi connectivity index (χ2n) is 5.24. The Morgan fingerprint density at radius 2 is 1.88 bits per heavy atom. The molecule has 25 heavy (non-hydrogen) atoms. The molecule has 0 aliphatic carbocycles. The molecule has 0 spiro atoms. The molecule has 0 saturated heterocycles. The Hall–Kier alpha value is -2.35. The number of rotatable bonds is 11. The summed E-state index contributed by atoms with van der Waals surface area (Å²) in [4.78, 5) is 45.5. The van der Waals surface area contributed by atoms with Crippen LogP contribution in [0.5, 0.6) is 0 Å². The number of thioether (sulfide) groups is 1. The molecule has 0 aliphatic rings. The van der Waals surface area contributed by atoms with Gasteiger partial charge in [-0.3, -0.25) is 19.2 Å². The number of aliphatic carboxylic acids is 1. The van der Waals surface area contributed by atoms with Crippen molar-refractivity contribution in [3.63, 3.8) is 0 Å². The first kappa shape index (κ1) is 20.7. The van der Waals surface area contributed by atoms with Crippen molar-refractivity contribution in [1.29, 1.82) is 0 Å². The standard InChI is InChI=1S/C17H21NO6S/c1-12(19)18-11-24-16(22)7-8-25-10-14(9-15(20)21)17(23)13-5-3-2-4-6-13/h2-6,14H,7-11H2,1H3,(H,18,19)(H,20,21)/t14-/m0/s1. The molecule has 0 saturated carbocycles. The van der Waals surface area contributed by atoms with Gasteiger partial charge in [0, 0.05) is 29.9 Å². The van der Waals surface area contributed by atoms with E-state index in [0.29, 0.717) is 17.1 Å². The van der Waals surface area contributed by atoms with Gasteiger partial charge >= 0.3 is 11.9 Å². The van der Waals surface area contributed by atoms with Crippen molar-refractivity contribution in [3.8, 4) is 0 Å². The van der Waals surface area contributed by atoms with Crippen LogP contribution in [0.4, 0.5) is 0 Å². The second kappa shape index (κ2) is 11.2. The predicted molar refractivity (Wildman–Crippen MR) is 93.2 cm³/mol. The fourth-order valence-electron chi connectivity index (χ4n) is 1.95. The molecule has 1 amide bonds. The SMILES string of the molecule is CC(=O)NCOC(=O)CCSC[C@H](CC(=O)O)C(=O)c1ccccc1. The van der Waals surface area contributed by atoms with Crippen LogP contribution in [0, 0.1) is 5.92 Å². The first-order chi connectivity index (χ1) is 11.9. The maximum absolute atomic E-state index is 12.4. The lowest BCUT2D eigenvalue weighted by Gasteiger charge is -2.13. The smallest absolute Gasteiger partial charge is 0.308 e. The zero-order chi connectivity index (χ0) is 18.7. The molecule has 1 aromatic carbocycles. The quantitative estimate of drug-likeness (QED) is 0.265. The zero-order valence-electron chi connectivity index (χ0n) is 13.9. The molecular formula is C17H21NO6S. The van der Waals surface area contributed by atoms with Gasteiger partial charge in [0.1, 0.15) is 0 Å². The molecule has 1 rings (SSSR count). The normalized spacial score (nSPS) is 11.4. The number of nitrogens with one attached hydrogen (secondary N) is 1. The molecule has 0 heterocycles. The highest BCUT2D eigenvalue weighted by atomic mass is 32.2. The molecule has 0 aromatic heterocycles. The molecule has 0 radical (unpaired) electrons. The van der Waals surface area contributed by atoms with Crippen LogP contribution in [0.1, 0.15) is 30.1 Å². The number of hydrogen-bond donors (Lipinski definition) is 2. The Labute approximate surface area is 150 Å². The Balaban J connectivity index is 2.41. The van der Waals surface area contributed by atoms with E-state index in [1.165, 1.54) is 18.7 Å². The number of hydrogen-bond acceptors (Lipinski definition) is 6. The van der Waals surface area contributed by atoms with Gasteiger partial charge in [0.25, 0.3) is 0 Å². The molecule has 0 bridgehead atoms. The molecule has 1 atom stereocenters. The van der Waals surface area contributed by atoms with Crippen molar-refractivity contribution in [2.24, 2.45) is 5.92 Å². The van der Waals surface area contributed by atoms with Gasteiger partial charge in [0.05, 0.1) is 12.8 Å². The number of carboxylic acids is 1. The van der Waals surface area contributed by atoms with E-state index in [0.717, 1.165) is 0 Å². The maximum Gasteiger partial charge on any atom is 0.308 e. The third-order valence-corrected chi connectivity index (χ3v) is 4.30. The van der Waals surface area contributed by atoms with Gasteiger partial charge in [0.15, 0.2) is 12.5 Å². The van der Waals surface area contributed by atoms with Crippen LogP contribution in [0.25, 0.3) is 0 Å². The minimum absolute atomic E-state index is 0.115. The summed E-state index contributed by atoms with van der Waals surface area (Å²) in [6.07, 6.45) is -0.142. The van der Waals surface area contributed by atoms with Crippen LogP contribution in [0.15, 0.2) is 30.3 Å². The summed E-state index contributed by atoms with van der Waals surface area (Å²) in [6, 6.07) is 8.54. The Morgan fingerprint density at radius 3 is 2.48 bits per heavy atom. The van der Waals surface area contributed by atoms with Crippen LogP contribution in [0.3, 0.4) is 0 Å². The summed E-state index contributed by atoms with van der Waals surface area (Å²) >= 11 is 1.32. The molecule has 0 unspecified atom stereocenters. The molecule has 7 nitrogen and oxygen atoms in total. The van der Waals surface area contributed by atoms with Crippen molar-refractivity contribution in [2.45, 2.75) is 19.8 Å². The van der Waals surface area contributed by atoms with E-state index in [1.54, 1.807) is 30.3 Å². The minimum Gasteiger partial charge on any atom is -0.481 e. The lowest BCUT2D eigenvalue weighted by molar-refractivity contribution is -0.144. The predicted octanol–water partition coefficient (Wildman–Crippen LogP) is 1.72. The highest BCUT2D eigenvalue weighted by Crippen LogP contribution is 2.19. The fraction of sp³-hybridized carbons (Fsp3) is 0.412. The fourth-order valence-corrected chi connectivity index (χ4v) is 2.98. The molecule has 136 valence electrons. The van der Waals surface area contributed by atoms with Crippen LogP contribution < -0.4 is 5.32 Å². The average molecular weight is 367 g/mol. The Bertz CT molecular complexity index is 604. The van der Waals surface area contributed by atoms with Crippen LogP contribution >= 0.6 is 11.8 Å². The van der Waals surface area contributed by atoms with Gasteiger partial charge in [0.2, 0.25) is 5.91 Å². The summed E-state index contributed by atoms with van der Waals surface area (Å²) in [5.74, 6) is -1.96. The summed E-state index contributed by atoms with van der Waals surface area (Å²) < 4.78 is 4.80. The average Bonchev–Trinajstić information content (AvgIpc) is 2.57. The Morgan fingerprint density at radius 1 is 1.20 bits per heavy atom. The van der Waals surface area contributed by atoms with Crippen molar-refractivity contribution in [2.75, 3.05) is 18.2 Å². The zero-order valence-corrected chi connectivity index (χ0v) is 14.7. The number of amides is 1. The number of ketones is 1. The molecular weight excluding hydrogens is 346 g/mol. The van der Waals surface area contributed by atoms with Gasteiger partial charge in [-0.1, -0.05) is 30.3 Å². The van der Waals surface area contributed by atoms with E-state index < -0.39 is 17.9 Å². The highest BCUT2D eigenvalue weighted by Gasteiger charge is 2.23. The lowest BCUT2D eigenvalue weighted by Crippen LogP contribution is -2.25. The summed E-state index contributed by atoms with van der Waals surface area (Å²) in [5, 5.41) is 11.3. The number of carbonyl (C=O) groups excluding carboxylic acids is 3. The molecule has 1 aromatic rings. The number of esters is 1. The summed E-state index contributed by atoms with van der Waals surface area (Å²) in [5.41, 5.74) is 0.476. The van der Waals surface area contributed by atoms with Gasteiger partial charge in [-0.25, -0.2) is 0 Å². The minimum atomic E-state index is -1.04. The number of ether oxygens (including phenoxy) is 1.